The molecule has 2 aromatic rings. The Morgan fingerprint density at radius 2 is 1.58 bits per heavy atom. The van der Waals surface area contributed by atoms with Crippen molar-refractivity contribution in [1.29, 1.82) is 0 Å². The molecule has 0 saturated carbocycles. The maximum absolute atomic E-state index is 13.0. The lowest BCUT2D eigenvalue weighted by atomic mass is 10.0. The van der Waals surface area contributed by atoms with Crippen molar-refractivity contribution in [3.05, 3.63) is 65.7 Å². The number of carbonyl (C=O) groups is 2. The van der Waals surface area contributed by atoms with Gasteiger partial charge in [0.25, 0.3) is 5.91 Å². The zero-order valence-corrected chi connectivity index (χ0v) is 19.4. The van der Waals surface area contributed by atoms with E-state index in [9.17, 15) is 9.59 Å². The molecular formula is C26H36N2O3. The molecule has 0 bridgehead atoms. The van der Waals surface area contributed by atoms with Crippen LogP contribution >= 0.6 is 0 Å². The van der Waals surface area contributed by atoms with Gasteiger partial charge in [0, 0.05) is 13.1 Å². The normalized spacial score (nSPS) is 12.0. The van der Waals surface area contributed by atoms with E-state index in [-0.39, 0.29) is 18.4 Å². The number of amides is 2. The van der Waals surface area contributed by atoms with Crippen LogP contribution in [-0.4, -0.2) is 42.5 Å². The van der Waals surface area contributed by atoms with Crippen LogP contribution in [0.1, 0.15) is 51.7 Å². The molecule has 1 N–H and O–H groups in total. The van der Waals surface area contributed by atoms with Gasteiger partial charge in [0.05, 0.1) is 0 Å². The summed E-state index contributed by atoms with van der Waals surface area (Å²) in [7, 11) is 0. The Morgan fingerprint density at radius 3 is 2.16 bits per heavy atom. The van der Waals surface area contributed by atoms with Gasteiger partial charge in [-0.15, -0.1) is 0 Å². The fraction of sp³-hybridized carbons (Fsp3) is 0.462. The van der Waals surface area contributed by atoms with Gasteiger partial charge in [-0.1, -0.05) is 70.2 Å². The number of benzene rings is 2. The third kappa shape index (κ3) is 8.08. The first-order valence-corrected chi connectivity index (χ1v) is 11.1. The van der Waals surface area contributed by atoms with E-state index in [2.05, 4.69) is 19.2 Å². The van der Waals surface area contributed by atoms with Crippen molar-refractivity contribution in [3.8, 4) is 5.75 Å². The van der Waals surface area contributed by atoms with Crippen LogP contribution in [0.3, 0.4) is 0 Å². The van der Waals surface area contributed by atoms with Crippen LogP contribution in [0.4, 0.5) is 0 Å². The molecular weight excluding hydrogens is 388 g/mol. The molecule has 2 rings (SSSR count). The Kier molecular flexibility index (Phi) is 9.57. The first-order chi connectivity index (χ1) is 14.8. The molecule has 0 heterocycles. The number of hydrogen-bond acceptors (Lipinski definition) is 3. The van der Waals surface area contributed by atoms with Crippen LogP contribution in [0.2, 0.25) is 0 Å². The Labute approximate surface area is 186 Å². The second-order valence-corrected chi connectivity index (χ2v) is 8.65. The molecule has 2 aromatic carbocycles. The third-order valence-corrected chi connectivity index (χ3v) is 5.25. The summed E-state index contributed by atoms with van der Waals surface area (Å²) in [6, 6.07) is 17.2. The van der Waals surface area contributed by atoms with E-state index in [1.54, 1.807) is 11.8 Å². The van der Waals surface area contributed by atoms with Gasteiger partial charge in [-0.05, 0) is 48.4 Å². The van der Waals surface area contributed by atoms with E-state index >= 15 is 0 Å². The monoisotopic (exact) mass is 424 g/mol. The molecule has 0 aliphatic rings. The van der Waals surface area contributed by atoms with Gasteiger partial charge in [0.1, 0.15) is 11.8 Å². The summed E-state index contributed by atoms with van der Waals surface area (Å²) in [5.41, 5.74) is 2.35. The largest absolute Gasteiger partial charge is 0.484 e. The topological polar surface area (TPSA) is 58.6 Å². The SMILES string of the molecule is CC(C)CNC(=O)C(C)N(CCc1ccccc1)C(=O)COc1ccc(C(C)C)cc1. The number of carbonyl (C=O) groups excluding carboxylic acids is 2. The molecule has 0 aliphatic carbocycles. The Morgan fingerprint density at radius 1 is 0.935 bits per heavy atom. The quantitative estimate of drug-likeness (QED) is 0.581. The summed E-state index contributed by atoms with van der Waals surface area (Å²) < 4.78 is 5.74. The number of nitrogens with zero attached hydrogens (tertiary/aromatic N) is 1. The van der Waals surface area contributed by atoms with E-state index in [1.807, 2.05) is 68.4 Å². The van der Waals surface area contributed by atoms with Crippen molar-refractivity contribution in [2.75, 3.05) is 19.7 Å². The highest BCUT2D eigenvalue weighted by molar-refractivity contribution is 5.88. The molecule has 0 aliphatic heterocycles. The highest BCUT2D eigenvalue weighted by Crippen LogP contribution is 2.18. The van der Waals surface area contributed by atoms with Gasteiger partial charge >= 0.3 is 0 Å². The summed E-state index contributed by atoms with van der Waals surface area (Å²) in [4.78, 5) is 27.3. The maximum Gasteiger partial charge on any atom is 0.261 e. The highest BCUT2D eigenvalue weighted by atomic mass is 16.5. The van der Waals surface area contributed by atoms with E-state index in [1.165, 1.54) is 5.56 Å². The van der Waals surface area contributed by atoms with Crippen LogP contribution in [0.25, 0.3) is 0 Å². The molecule has 0 saturated heterocycles. The summed E-state index contributed by atoms with van der Waals surface area (Å²) >= 11 is 0. The van der Waals surface area contributed by atoms with Crippen molar-refractivity contribution in [2.24, 2.45) is 5.92 Å². The summed E-state index contributed by atoms with van der Waals surface area (Å²) in [5.74, 6) is 1.10. The van der Waals surface area contributed by atoms with Crippen molar-refractivity contribution >= 4 is 11.8 Å². The molecule has 1 atom stereocenters. The highest BCUT2D eigenvalue weighted by Gasteiger charge is 2.26. The van der Waals surface area contributed by atoms with Gasteiger partial charge in [0.2, 0.25) is 5.91 Å². The van der Waals surface area contributed by atoms with E-state index < -0.39 is 6.04 Å². The summed E-state index contributed by atoms with van der Waals surface area (Å²) in [5, 5.41) is 2.93. The Balaban J connectivity index is 2.04. The molecule has 168 valence electrons. The Hall–Kier alpha value is -2.82. The molecule has 0 aromatic heterocycles. The first-order valence-electron chi connectivity index (χ1n) is 11.1. The van der Waals surface area contributed by atoms with Crippen LogP contribution in [0.5, 0.6) is 5.75 Å². The average Bonchev–Trinajstić information content (AvgIpc) is 2.76. The summed E-state index contributed by atoms with van der Waals surface area (Å²) in [6.07, 6.45) is 0.678. The predicted octanol–water partition coefficient (Wildman–Crippen LogP) is 4.42. The molecule has 5 nitrogen and oxygen atoms in total. The molecule has 0 radical (unpaired) electrons. The van der Waals surface area contributed by atoms with Gasteiger partial charge < -0.3 is 15.0 Å². The second kappa shape index (κ2) is 12.1. The lowest BCUT2D eigenvalue weighted by Crippen LogP contribution is -2.50. The fourth-order valence-corrected chi connectivity index (χ4v) is 3.20. The third-order valence-electron chi connectivity index (χ3n) is 5.25. The van der Waals surface area contributed by atoms with Gasteiger partial charge in [0.15, 0.2) is 6.61 Å². The Bertz CT molecular complexity index is 816. The maximum atomic E-state index is 13.0. The first kappa shape index (κ1) is 24.4. The van der Waals surface area contributed by atoms with E-state index in [4.69, 9.17) is 4.74 Å². The molecule has 1 unspecified atom stereocenters. The summed E-state index contributed by atoms with van der Waals surface area (Å²) in [6.45, 7) is 11.1. The van der Waals surface area contributed by atoms with Crippen LogP contribution in [-0.2, 0) is 16.0 Å². The predicted molar refractivity (Wildman–Crippen MR) is 125 cm³/mol. The average molecular weight is 425 g/mol. The molecule has 0 fully saturated rings. The van der Waals surface area contributed by atoms with Crippen LogP contribution in [0, 0.1) is 5.92 Å². The van der Waals surface area contributed by atoms with E-state index in [0.717, 1.165) is 5.56 Å². The number of rotatable bonds is 11. The number of ether oxygens (including phenoxy) is 1. The van der Waals surface area contributed by atoms with Crippen LogP contribution < -0.4 is 10.1 Å². The zero-order chi connectivity index (χ0) is 22.8. The zero-order valence-electron chi connectivity index (χ0n) is 19.4. The van der Waals surface area contributed by atoms with E-state index in [0.29, 0.717) is 37.1 Å². The van der Waals surface area contributed by atoms with Gasteiger partial charge in [-0.25, -0.2) is 0 Å². The second-order valence-electron chi connectivity index (χ2n) is 8.65. The number of hydrogen-bond donors (Lipinski definition) is 1. The molecule has 0 spiro atoms. The standard InChI is InChI=1S/C26H36N2O3/c1-19(2)17-27-26(30)21(5)28(16-15-22-9-7-6-8-10-22)25(29)18-31-24-13-11-23(12-14-24)20(3)4/h6-14,19-21H,15-18H2,1-5H3,(H,27,30). The number of nitrogens with one attached hydrogen (secondary N) is 1. The lowest BCUT2D eigenvalue weighted by Gasteiger charge is -2.29. The smallest absolute Gasteiger partial charge is 0.261 e. The van der Waals surface area contributed by atoms with Gasteiger partial charge in [-0.3, -0.25) is 9.59 Å². The minimum atomic E-state index is -0.568. The minimum Gasteiger partial charge on any atom is -0.484 e. The fourth-order valence-electron chi connectivity index (χ4n) is 3.20. The molecule has 2 amide bonds. The van der Waals surface area contributed by atoms with Crippen molar-refractivity contribution in [1.82, 2.24) is 10.2 Å². The minimum absolute atomic E-state index is 0.0996. The molecule has 31 heavy (non-hydrogen) atoms. The van der Waals surface area contributed by atoms with Crippen molar-refractivity contribution in [3.63, 3.8) is 0 Å². The van der Waals surface area contributed by atoms with Crippen LogP contribution in [0.15, 0.2) is 54.6 Å². The lowest BCUT2D eigenvalue weighted by molar-refractivity contribution is -0.141. The van der Waals surface area contributed by atoms with Crippen molar-refractivity contribution in [2.45, 2.75) is 53.0 Å². The van der Waals surface area contributed by atoms with Crippen molar-refractivity contribution < 1.29 is 14.3 Å². The van der Waals surface area contributed by atoms with Gasteiger partial charge in [-0.2, -0.15) is 0 Å². The molecule has 5 heteroatoms.